The van der Waals surface area contributed by atoms with Gasteiger partial charge in [-0.15, -0.1) is 0 Å². The monoisotopic (exact) mass is 562 g/mol. The summed E-state index contributed by atoms with van der Waals surface area (Å²) in [4.78, 5) is 22.3. The number of hydrogen-bond acceptors (Lipinski definition) is 6. The SMILES string of the molecule is CCCCCCCCCC/C=C/C(O)C(COP(=O)(O)OCCN)NC(=O)CCCCCCCCCCC. The van der Waals surface area contributed by atoms with Crippen molar-refractivity contribution >= 4 is 13.7 Å². The highest BCUT2D eigenvalue weighted by Gasteiger charge is 2.26. The summed E-state index contributed by atoms with van der Waals surface area (Å²) in [7, 11) is -4.31. The van der Waals surface area contributed by atoms with Crippen LogP contribution < -0.4 is 11.1 Å². The molecule has 0 radical (unpaired) electrons. The Balaban J connectivity index is 4.48. The zero-order valence-electron chi connectivity index (χ0n) is 24.4. The van der Waals surface area contributed by atoms with Crippen molar-refractivity contribution in [2.75, 3.05) is 19.8 Å². The lowest BCUT2D eigenvalue weighted by molar-refractivity contribution is -0.123. The van der Waals surface area contributed by atoms with Crippen LogP contribution in [-0.4, -0.2) is 47.8 Å². The van der Waals surface area contributed by atoms with Crippen molar-refractivity contribution in [1.82, 2.24) is 5.32 Å². The second-order valence-electron chi connectivity index (χ2n) is 10.3. The molecule has 3 unspecified atom stereocenters. The predicted octanol–water partition coefficient (Wildman–Crippen LogP) is 6.93. The van der Waals surface area contributed by atoms with Crippen molar-refractivity contribution in [3.63, 3.8) is 0 Å². The van der Waals surface area contributed by atoms with Gasteiger partial charge in [0.25, 0.3) is 0 Å². The fraction of sp³-hybridized carbons (Fsp3) is 0.897. The molecule has 0 aromatic heterocycles. The fourth-order valence-electron chi connectivity index (χ4n) is 4.25. The number of carbonyl (C=O) groups excluding carboxylic acids is 1. The summed E-state index contributed by atoms with van der Waals surface area (Å²) in [5.74, 6) is -0.201. The molecule has 0 saturated carbocycles. The summed E-state index contributed by atoms with van der Waals surface area (Å²) >= 11 is 0. The highest BCUT2D eigenvalue weighted by atomic mass is 31.2. The smallest absolute Gasteiger partial charge is 0.387 e. The number of unbranched alkanes of at least 4 members (excludes halogenated alkanes) is 16. The van der Waals surface area contributed by atoms with Crippen LogP contribution in [0.4, 0.5) is 0 Å². The van der Waals surface area contributed by atoms with Crippen LogP contribution in [-0.2, 0) is 18.4 Å². The van der Waals surface area contributed by atoms with E-state index in [1.54, 1.807) is 6.08 Å². The molecule has 38 heavy (non-hydrogen) atoms. The number of nitrogens with one attached hydrogen (secondary N) is 1. The number of aliphatic hydroxyl groups is 1. The molecule has 0 aliphatic carbocycles. The van der Waals surface area contributed by atoms with E-state index in [9.17, 15) is 19.4 Å². The number of hydrogen-bond donors (Lipinski definition) is 4. The third-order valence-electron chi connectivity index (χ3n) is 6.61. The van der Waals surface area contributed by atoms with E-state index in [-0.39, 0.29) is 25.7 Å². The molecule has 0 saturated heterocycles. The molecule has 226 valence electrons. The van der Waals surface area contributed by atoms with Crippen molar-refractivity contribution in [2.45, 2.75) is 148 Å². The molecule has 8 nitrogen and oxygen atoms in total. The zero-order chi connectivity index (χ0) is 28.3. The van der Waals surface area contributed by atoms with E-state index >= 15 is 0 Å². The van der Waals surface area contributed by atoms with Gasteiger partial charge in [0.15, 0.2) is 0 Å². The Morgan fingerprint density at radius 3 is 1.87 bits per heavy atom. The Labute approximate surface area is 233 Å². The predicted molar refractivity (Wildman–Crippen MR) is 157 cm³/mol. The summed E-state index contributed by atoms with van der Waals surface area (Å²) < 4.78 is 21.8. The Morgan fingerprint density at radius 2 is 1.34 bits per heavy atom. The highest BCUT2D eigenvalue weighted by molar-refractivity contribution is 7.47. The minimum Gasteiger partial charge on any atom is -0.387 e. The van der Waals surface area contributed by atoms with Gasteiger partial charge < -0.3 is 21.1 Å². The molecule has 0 rings (SSSR count). The number of amides is 1. The molecule has 0 aliphatic rings. The molecule has 9 heteroatoms. The number of nitrogens with two attached hydrogens (primary N) is 1. The van der Waals surface area contributed by atoms with Gasteiger partial charge >= 0.3 is 7.82 Å². The first kappa shape index (κ1) is 37.2. The number of aliphatic hydroxyl groups excluding tert-OH is 1. The summed E-state index contributed by atoms with van der Waals surface area (Å²) in [5.41, 5.74) is 5.32. The Morgan fingerprint density at radius 1 is 0.842 bits per heavy atom. The van der Waals surface area contributed by atoms with Crippen LogP contribution in [0.5, 0.6) is 0 Å². The normalized spacial score (nSPS) is 15.0. The van der Waals surface area contributed by atoms with Crippen LogP contribution in [0, 0.1) is 0 Å². The first-order valence-corrected chi connectivity index (χ1v) is 16.8. The van der Waals surface area contributed by atoms with Gasteiger partial charge in [0.05, 0.1) is 25.4 Å². The maximum absolute atomic E-state index is 12.5. The third kappa shape index (κ3) is 24.3. The van der Waals surface area contributed by atoms with Gasteiger partial charge in [0.2, 0.25) is 5.91 Å². The molecule has 0 aliphatic heterocycles. The number of phosphoric ester groups is 1. The maximum Gasteiger partial charge on any atom is 0.472 e. The Bertz CT molecular complexity index is 620. The van der Waals surface area contributed by atoms with E-state index in [1.807, 2.05) is 6.08 Å². The summed E-state index contributed by atoms with van der Waals surface area (Å²) in [6.07, 6.45) is 24.0. The van der Waals surface area contributed by atoms with Crippen molar-refractivity contribution in [3.05, 3.63) is 12.2 Å². The van der Waals surface area contributed by atoms with Gasteiger partial charge in [0.1, 0.15) is 0 Å². The van der Waals surface area contributed by atoms with Gasteiger partial charge in [-0.05, 0) is 19.3 Å². The zero-order valence-corrected chi connectivity index (χ0v) is 25.3. The van der Waals surface area contributed by atoms with E-state index in [0.717, 1.165) is 38.5 Å². The van der Waals surface area contributed by atoms with Crippen LogP contribution >= 0.6 is 7.82 Å². The molecular formula is C29H59N2O6P. The van der Waals surface area contributed by atoms with Crippen LogP contribution in [0.25, 0.3) is 0 Å². The quantitative estimate of drug-likeness (QED) is 0.0462. The third-order valence-corrected chi connectivity index (χ3v) is 7.60. The van der Waals surface area contributed by atoms with Gasteiger partial charge in [-0.1, -0.05) is 122 Å². The summed E-state index contributed by atoms with van der Waals surface area (Å²) in [6, 6.07) is -0.849. The Kier molecular flexibility index (Phi) is 25.9. The molecule has 5 N–H and O–H groups in total. The number of carbonyl (C=O) groups is 1. The van der Waals surface area contributed by atoms with Gasteiger partial charge in [-0.2, -0.15) is 0 Å². The first-order valence-electron chi connectivity index (χ1n) is 15.3. The maximum atomic E-state index is 12.5. The van der Waals surface area contributed by atoms with Crippen LogP contribution in [0.1, 0.15) is 136 Å². The molecule has 0 spiro atoms. The largest absolute Gasteiger partial charge is 0.472 e. The van der Waals surface area contributed by atoms with Crippen LogP contribution in [0.2, 0.25) is 0 Å². The molecule has 0 fully saturated rings. The van der Waals surface area contributed by atoms with Gasteiger partial charge in [-0.25, -0.2) is 4.57 Å². The minimum absolute atomic E-state index is 0.0803. The van der Waals surface area contributed by atoms with E-state index < -0.39 is 20.0 Å². The minimum atomic E-state index is -4.31. The van der Waals surface area contributed by atoms with E-state index in [2.05, 4.69) is 19.2 Å². The second kappa shape index (κ2) is 26.5. The standard InChI is InChI=1S/C29H59N2O6P/c1-3-5-7-9-11-13-15-16-18-20-22-28(32)27(26-37-38(34,35)36-25-24-30)31-29(33)23-21-19-17-14-12-10-8-6-4-2/h20,22,27-28,32H,3-19,21,23-26,30H2,1-2H3,(H,31,33)(H,34,35)/b22-20+. The van der Waals surface area contributed by atoms with Crippen molar-refractivity contribution in [2.24, 2.45) is 5.73 Å². The molecule has 0 bridgehead atoms. The van der Waals surface area contributed by atoms with E-state index in [0.29, 0.717) is 6.42 Å². The average molecular weight is 563 g/mol. The second-order valence-corrected chi connectivity index (χ2v) is 11.8. The number of rotatable bonds is 28. The lowest BCUT2D eigenvalue weighted by Gasteiger charge is -2.23. The molecule has 3 atom stereocenters. The molecule has 0 heterocycles. The molecule has 1 amide bonds. The van der Waals surface area contributed by atoms with Gasteiger partial charge in [0, 0.05) is 13.0 Å². The molecule has 0 aromatic rings. The number of allylic oxidation sites excluding steroid dienone is 1. The topological polar surface area (TPSA) is 131 Å². The summed E-state index contributed by atoms with van der Waals surface area (Å²) in [5, 5.41) is 13.4. The number of phosphoric acid groups is 1. The van der Waals surface area contributed by atoms with E-state index in [4.69, 9.17) is 14.8 Å². The highest BCUT2D eigenvalue weighted by Crippen LogP contribution is 2.43. The Hall–Kier alpha value is -0.760. The molecule has 0 aromatic carbocycles. The van der Waals surface area contributed by atoms with E-state index in [1.165, 1.54) is 77.0 Å². The fourth-order valence-corrected chi connectivity index (χ4v) is 5.01. The van der Waals surface area contributed by atoms with Crippen molar-refractivity contribution in [3.8, 4) is 0 Å². The lowest BCUT2D eigenvalue weighted by Crippen LogP contribution is -2.45. The summed E-state index contributed by atoms with van der Waals surface area (Å²) in [6.45, 7) is 4.05. The molecular weight excluding hydrogens is 503 g/mol. The van der Waals surface area contributed by atoms with Crippen LogP contribution in [0.3, 0.4) is 0 Å². The van der Waals surface area contributed by atoms with Crippen molar-refractivity contribution < 1.29 is 28.4 Å². The van der Waals surface area contributed by atoms with Crippen LogP contribution in [0.15, 0.2) is 12.2 Å². The average Bonchev–Trinajstić information content (AvgIpc) is 2.89. The first-order chi connectivity index (χ1) is 18.4. The lowest BCUT2D eigenvalue weighted by atomic mass is 10.1. The van der Waals surface area contributed by atoms with Gasteiger partial charge in [-0.3, -0.25) is 13.8 Å². The van der Waals surface area contributed by atoms with Crippen molar-refractivity contribution in [1.29, 1.82) is 0 Å².